The van der Waals surface area contributed by atoms with Crippen LogP contribution in [0, 0.1) is 12.3 Å². The van der Waals surface area contributed by atoms with Crippen molar-refractivity contribution < 1.29 is 5.11 Å². The second kappa shape index (κ2) is 5.56. The van der Waals surface area contributed by atoms with Crippen molar-refractivity contribution in [2.45, 2.75) is 73.1 Å². The fourth-order valence-corrected chi connectivity index (χ4v) is 3.25. The van der Waals surface area contributed by atoms with Crippen molar-refractivity contribution in [3.8, 4) is 5.75 Å². The summed E-state index contributed by atoms with van der Waals surface area (Å²) < 4.78 is 0. The highest BCUT2D eigenvalue weighted by atomic mass is 16.3. The Balaban J connectivity index is 3.25. The second-order valence-electron chi connectivity index (χ2n) is 7.69. The van der Waals surface area contributed by atoms with Gasteiger partial charge in [-0.1, -0.05) is 65.7 Å². The molecule has 0 spiro atoms. The fourth-order valence-electron chi connectivity index (χ4n) is 3.25. The van der Waals surface area contributed by atoms with Gasteiger partial charge in [0.05, 0.1) is 0 Å². The van der Waals surface area contributed by atoms with Gasteiger partial charge in [0.1, 0.15) is 5.75 Å². The van der Waals surface area contributed by atoms with Gasteiger partial charge < -0.3 is 5.11 Å². The molecule has 0 saturated heterocycles. The molecule has 0 aliphatic carbocycles. The minimum Gasteiger partial charge on any atom is -0.507 e. The molecule has 0 fully saturated rings. The van der Waals surface area contributed by atoms with Gasteiger partial charge in [-0.15, -0.1) is 0 Å². The fraction of sp³-hybridized carbons (Fsp3) is 0.667. The maximum atomic E-state index is 10.6. The molecule has 0 aliphatic heterocycles. The van der Waals surface area contributed by atoms with E-state index in [1.807, 2.05) is 0 Å². The zero-order valence-electron chi connectivity index (χ0n) is 13.7. The van der Waals surface area contributed by atoms with Gasteiger partial charge in [0.25, 0.3) is 0 Å². The van der Waals surface area contributed by atoms with Crippen LogP contribution in [0.4, 0.5) is 0 Å². The van der Waals surface area contributed by atoms with Gasteiger partial charge in [-0.05, 0) is 36.2 Å². The molecule has 1 N–H and O–H groups in total. The summed E-state index contributed by atoms with van der Waals surface area (Å²) in [5.74, 6) is 0.515. The Hall–Kier alpha value is -0.980. The van der Waals surface area contributed by atoms with Crippen molar-refractivity contribution in [1.82, 2.24) is 0 Å². The first-order chi connectivity index (χ1) is 8.57. The highest BCUT2D eigenvalue weighted by molar-refractivity contribution is 5.47. The maximum absolute atomic E-state index is 10.6. The Morgan fingerprint density at radius 1 is 1.05 bits per heavy atom. The van der Waals surface area contributed by atoms with Gasteiger partial charge >= 0.3 is 0 Å². The number of rotatable bonds is 4. The van der Waals surface area contributed by atoms with Crippen molar-refractivity contribution >= 4 is 0 Å². The molecule has 0 saturated carbocycles. The van der Waals surface area contributed by atoms with Gasteiger partial charge in [-0.2, -0.15) is 0 Å². The summed E-state index contributed by atoms with van der Waals surface area (Å²) in [6.45, 7) is 15.5. The van der Waals surface area contributed by atoms with Crippen LogP contribution in [0.3, 0.4) is 0 Å². The summed E-state index contributed by atoms with van der Waals surface area (Å²) in [7, 11) is 0. The van der Waals surface area contributed by atoms with E-state index in [1.54, 1.807) is 0 Å². The molecule has 0 heterocycles. The van der Waals surface area contributed by atoms with Gasteiger partial charge in [0, 0.05) is 5.56 Å². The monoisotopic (exact) mass is 262 g/mol. The predicted octanol–water partition coefficient (Wildman–Crippen LogP) is 5.37. The Labute approximate surface area is 119 Å². The zero-order chi connectivity index (χ0) is 14.8. The maximum Gasteiger partial charge on any atom is 0.122 e. The van der Waals surface area contributed by atoms with Crippen LogP contribution in [0.15, 0.2) is 12.1 Å². The van der Waals surface area contributed by atoms with E-state index in [0.29, 0.717) is 5.75 Å². The average molecular weight is 262 g/mol. The second-order valence-corrected chi connectivity index (χ2v) is 7.69. The van der Waals surface area contributed by atoms with E-state index in [0.717, 1.165) is 30.4 Å². The number of phenols is 1. The Morgan fingerprint density at radius 3 is 2.11 bits per heavy atom. The van der Waals surface area contributed by atoms with Crippen molar-refractivity contribution in [1.29, 1.82) is 0 Å². The van der Waals surface area contributed by atoms with Crippen LogP contribution in [0.1, 0.15) is 71.1 Å². The lowest BCUT2D eigenvalue weighted by atomic mass is 9.71. The Morgan fingerprint density at radius 2 is 1.63 bits per heavy atom. The molecule has 1 aromatic carbocycles. The van der Waals surface area contributed by atoms with E-state index in [9.17, 15) is 5.11 Å². The number of hydrogen-bond donors (Lipinski definition) is 1. The van der Waals surface area contributed by atoms with Gasteiger partial charge in [0.2, 0.25) is 0 Å². The van der Waals surface area contributed by atoms with Gasteiger partial charge in [-0.3, -0.25) is 0 Å². The first-order valence-corrected chi connectivity index (χ1v) is 7.40. The van der Waals surface area contributed by atoms with Gasteiger partial charge in [-0.25, -0.2) is 0 Å². The van der Waals surface area contributed by atoms with Crippen LogP contribution in [0.2, 0.25) is 0 Å². The van der Waals surface area contributed by atoms with E-state index in [1.165, 1.54) is 5.56 Å². The highest BCUT2D eigenvalue weighted by Crippen LogP contribution is 2.41. The highest BCUT2D eigenvalue weighted by Gasteiger charge is 2.30. The summed E-state index contributed by atoms with van der Waals surface area (Å²) >= 11 is 0. The molecule has 0 amide bonds. The molecule has 0 bridgehead atoms. The van der Waals surface area contributed by atoms with Crippen LogP contribution in [0.5, 0.6) is 5.75 Å². The summed E-state index contributed by atoms with van der Waals surface area (Å²) in [6, 6.07) is 4.27. The molecule has 0 aliphatic rings. The van der Waals surface area contributed by atoms with E-state index >= 15 is 0 Å². The first-order valence-electron chi connectivity index (χ1n) is 7.40. The molecule has 0 unspecified atom stereocenters. The van der Waals surface area contributed by atoms with E-state index in [2.05, 4.69) is 60.6 Å². The SMILES string of the molecule is CCCc1cc(C)cc(C(C)(C)CC(C)(C)C)c1O. The third-order valence-electron chi connectivity index (χ3n) is 3.55. The summed E-state index contributed by atoms with van der Waals surface area (Å²) in [5, 5.41) is 10.6. The Bertz CT molecular complexity index is 436. The third kappa shape index (κ3) is 4.26. The molecular formula is C18H30O. The third-order valence-corrected chi connectivity index (χ3v) is 3.55. The van der Waals surface area contributed by atoms with Crippen LogP contribution >= 0.6 is 0 Å². The molecule has 0 aromatic heterocycles. The van der Waals surface area contributed by atoms with E-state index < -0.39 is 0 Å². The zero-order valence-corrected chi connectivity index (χ0v) is 13.7. The molecular weight excluding hydrogens is 232 g/mol. The number of aryl methyl sites for hydroxylation is 2. The lowest BCUT2D eigenvalue weighted by Crippen LogP contribution is -2.25. The van der Waals surface area contributed by atoms with Crippen molar-refractivity contribution in [2.24, 2.45) is 5.41 Å². The molecule has 0 radical (unpaired) electrons. The molecule has 1 aromatic rings. The number of aromatic hydroxyl groups is 1. The molecule has 1 nitrogen and oxygen atoms in total. The largest absolute Gasteiger partial charge is 0.507 e. The molecule has 108 valence electrons. The van der Waals surface area contributed by atoms with Crippen molar-refractivity contribution in [2.75, 3.05) is 0 Å². The summed E-state index contributed by atoms with van der Waals surface area (Å²) in [6.07, 6.45) is 3.07. The predicted molar refractivity (Wildman–Crippen MR) is 83.9 cm³/mol. The van der Waals surface area contributed by atoms with Crippen molar-refractivity contribution in [3.63, 3.8) is 0 Å². The first kappa shape index (κ1) is 16.1. The normalized spacial score (nSPS) is 12.8. The lowest BCUT2D eigenvalue weighted by molar-refractivity contribution is 0.278. The number of phenolic OH excluding ortho intramolecular Hbond substituents is 1. The standard InChI is InChI=1S/C18H30O/c1-8-9-14-10-13(2)11-15(16(14)19)18(6,7)12-17(3,4)5/h10-11,19H,8-9,12H2,1-7H3. The minimum atomic E-state index is -0.00313. The lowest BCUT2D eigenvalue weighted by Gasteiger charge is -2.34. The van der Waals surface area contributed by atoms with Crippen LogP contribution in [-0.2, 0) is 11.8 Å². The average Bonchev–Trinajstić information content (AvgIpc) is 2.19. The quantitative estimate of drug-likeness (QED) is 0.773. The van der Waals surface area contributed by atoms with E-state index in [4.69, 9.17) is 0 Å². The molecule has 1 heteroatoms. The topological polar surface area (TPSA) is 20.2 Å². The van der Waals surface area contributed by atoms with Crippen LogP contribution in [0.25, 0.3) is 0 Å². The minimum absolute atomic E-state index is 0.00313. The number of benzene rings is 1. The summed E-state index contributed by atoms with van der Waals surface area (Å²) in [5.41, 5.74) is 3.70. The van der Waals surface area contributed by atoms with Crippen LogP contribution in [-0.4, -0.2) is 5.11 Å². The van der Waals surface area contributed by atoms with Gasteiger partial charge in [0.15, 0.2) is 0 Å². The number of hydrogen-bond acceptors (Lipinski definition) is 1. The molecule has 1 rings (SSSR count). The van der Waals surface area contributed by atoms with Crippen LogP contribution < -0.4 is 0 Å². The smallest absolute Gasteiger partial charge is 0.122 e. The Kier molecular flexibility index (Phi) is 4.71. The molecule has 0 atom stereocenters. The molecule has 19 heavy (non-hydrogen) atoms. The summed E-state index contributed by atoms with van der Waals surface area (Å²) in [4.78, 5) is 0. The van der Waals surface area contributed by atoms with E-state index in [-0.39, 0.29) is 10.8 Å². The van der Waals surface area contributed by atoms with Crippen molar-refractivity contribution in [3.05, 3.63) is 28.8 Å².